The molecule has 2 heterocycles. The van der Waals surface area contributed by atoms with Crippen LogP contribution in [0.4, 0.5) is 0 Å². The van der Waals surface area contributed by atoms with Crippen LogP contribution in [-0.4, -0.2) is 36.7 Å². The van der Waals surface area contributed by atoms with Gasteiger partial charge < -0.3 is 9.64 Å². The highest BCUT2D eigenvalue weighted by Crippen LogP contribution is 2.44. The van der Waals surface area contributed by atoms with Gasteiger partial charge in [0.25, 0.3) is 0 Å². The van der Waals surface area contributed by atoms with Crippen LogP contribution in [0.25, 0.3) is 0 Å². The maximum atomic E-state index is 5.64. The molecule has 2 aliphatic heterocycles. The maximum Gasteiger partial charge on any atom is 0.107 e. The largest absolute Gasteiger partial charge is 0.365 e. The molecule has 0 N–H and O–H groups in total. The summed E-state index contributed by atoms with van der Waals surface area (Å²) in [6.07, 6.45) is 3.03. The highest BCUT2D eigenvalue weighted by Gasteiger charge is 2.56. The molecule has 10 heavy (non-hydrogen) atoms. The summed E-state index contributed by atoms with van der Waals surface area (Å²) in [7, 11) is 2.18. The van der Waals surface area contributed by atoms with Gasteiger partial charge in [0.2, 0.25) is 0 Å². The van der Waals surface area contributed by atoms with E-state index in [1.54, 1.807) is 0 Å². The molecule has 2 unspecified atom stereocenters. The number of fused-ring (bicyclic) bond motifs is 1. The van der Waals surface area contributed by atoms with Crippen LogP contribution in [0.5, 0.6) is 0 Å². The summed E-state index contributed by atoms with van der Waals surface area (Å²) >= 11 is 0. The molecule has 2 nitrogen and oxygen atoms in total. The minimum Gasteiger partial charge on any atom is -0.365 e. The van der Waals surface area contributed by atoms with Gasteiger partial charge in [-0.25, -0.2) is 0 Å². The first kappa shape index (κ1) is 6.62. The van der Waals surface area contributed by atoms with E-state index in [0.717, 1.165) is 6.54 Å². The van der Waals surface area contributed by atoms with Crippen LogP contribution in [0.15, 0.2) is 0 Å². The molecule has 0 aromatic heterocycles. The van der Waals surface area contributed by atoms with E-state index in [2.05, 4.69) is 18.9 Å². The van der Waals surface area contributed by atoms with Crippen molar-refractivity contribution < 1.29 is 4.74 Å². The van der Waals surface area contributed by atoms with E-state index in [0.29, 0.717) is 6.10 Å². The molecule has 2 fully saturated rings. The molecule has 58 valence electrons. The van der Waals surface area contributed by atoms with Gasteiger partial charge in [-0.3, -0.25) is 0 Å². The van der Waals surface area contributed by atoms with Gasteiger partial charge in [-0.15, -0.1) is 0 Å². The molecule has 2 atom stereocenters. The van der Waals surface area contributed by atoms with Crippen LogP contribution >= 0.6 is 0 Å². The fourth-order valence-corrected chi connectivity index (χ4v) is 2.01. The summed E-state index contributed by atoms with van der Waals surface area (Å²) in [4.78, 5) is 2.37. The average Bonchev–Trinajstić information content (AvgIpc) is 2.62. The zero-order valence-corrected chi connectivity index (χ0v) is 6.76. The van der Waals surface area contributed by atoms with Crippen molar-refractivity contribution >= 4 is 0 Å². The van der Waals surface area contributed by atoms with Crippen molar-refractivity contribution in [1.82, 2.24) is 4.90 Å². The van der Waals surface area contributed by atoms with Crippen LogP contribution in [0.1, 0.15) is 19.8 Å². The van der Waals surface area contributed by atoms with Gasteiger partial charge in [0, 0.05) is 13.1 Å². The number of rotatable bonds is 1. The topological polar surface area (TPSA) is 15.8 Å². The van der Waals surface area contributed by atoms with Gasteiger partial charge in [-0.2, -0.15) is 0 Å². The standard InChI is InChI=1S/C8H15NO/c1-3-8-6-9(2)5-4-7(8)10-8/h7H,3-6H2,1-2H3. The second-order valence-corrected chi connectivity index (χ2v) is 3.55. The predicted octanol–water partition coefficient (Wildman–Crippen LogP) is 0.869. The Bertz CT molecular complexity index is 146. The van der Waals surface area contributed by atoms with Crippen molar-refractivity contribution in [2.75, 3.05) is 20.1 Å². The van der Waals surface area contributed by atoms with Crippen LogP contribution < -0.4 is 0 Å². The van der Waals surface area contributed by atoms with Gasteiger partial charge in [0.05, 0.1) is 6.10 Å². The van der Waals surface area contributed by atoms with E-state index in [1.807, 2.05) is 0 Å². The van der Waals surface area contributed by atoms with Crippen LogP contribution in [0.2, 0.25) is 0 Å². The van der Waals surface area contributed by atoms with E-state index in [4.69, 9.17) is 4.74 Å². The quantitative estimate of drug-likeness (QED) is 0.504. The summed E-state index contributed by atoms with van der Waals surface area (Å²) in [6.45, 7) is 4.58. The van der Waals surface area contributed by atoms with Crippen LogP contribution in [0.3, 0.4) is 0 Å². The highest BCUT2D eigenvalue weighted by atomic mass is 16.6. The molecule has 2 saturated heterocycles. The van der Waals surface area contributed by atoms with Gasteiger partial charge in [0.1, 0.15) is 5.60 Å². The molecular weight excluding hydrogens is 126 g/mol. The molecule has 2 aliphatic rings. The number of hydrogen-bond acceptors (Lipinski definition) is 2. The Morgan fingerprint density at radius 2 is 2.50 bits per heavy atom. The third kappa shape index (κ3) is 0.789. The number of nitrogens with zero attached hydrogens (tertiary/aromatic N) is 1. The van der Waals surface area contributed by atoms with E-state index >= 15 is 0 Å². The van der Waals surface area contributed by atoms with Gasteiger partial charge >= 0.3 is 0 Å². The third-order valence-corrected chi connectivity index (χ3v) is 2.82. The Morgan fingerprint density at radius 3 is 3.10 bits per heavy atom. The van der Waals surface area contributed by atoms with Crippen molar-refractivity contribution in [2.45, 2.75) is 31.5 Å². The van der Waals surface area contributed by atoms with Crippen molar-refractivity contribution in [1.29, 1.82) is 0 Å². The van der Waals surface area contributed by atoms with E-state index in [9.17, 15) is 0 Å². The van der Waals surface area contributed by atoms with Crippen molar-refractivity contribution in [3.63, 3.8) is 0 Å². The first-order valence-corrected chi connectivity index (χ1v) is 4.13. The molecule has 0 amide bonds. The van der Waals surface area contributed by atoms with Crippen LogP contribution in [0, 0.1) is 0 Å². The number of ether oxygens (including phenoxy) is 1. The number of epoxide rings is 1. The zero-order valence-electron chi connectivity index (χ0n) is 6.76. The number of piperidine rings is 1. The monoisotopic (exact) mass is 141 g/mol. The fraction of sp³-hybridized carbons (Fsp3) is 1.00. The van der Waals surface area contributed by atoms with Gasteiger partial charge in [-0.05, 0) is 19.9 Å². The van der Waals surface area contributed by atoms with E-state index in [1.165, 1.54) is 19.4 Å². The molecule has 0 aromatic carbocycles. The minimum atomic E-state index is 0.285. The van der Waals surface area contributed by atoms with Crippen molar-refractivity contribution in [2.24, 2.45) is 0 Å². The van der Waals surface area contributed by atoms with E-state index < -0.39 is 0 Å². The Labute approximate surface area is 62.2 Å². The second kappa shape index (κ2) is 1.95. The van der Waals surface area contributed by atoms with Gasteiger partial charge in [-0.1, -0.05) is 6.92 Å². The normalized spacial score (nSPS) is 46.8. The van der Waals surface area contributed by atoms with E-state index in [-0.39, 0.29) is 5.60 Å². The molecule has 2 heteroatoms. The maximum absolute atomic E-state index is 5.64. The molecule has 0 radical (unpaired) electrons. The molecule has 0 saturated carbocycles. The molecule has 0 aromatic rings. The zero-order chi connectivity index (χ0) is 7.19. The molecule has 0 bridgehead atoms. The molecule has 2 rings (SSSR count). The first-order valence-electron chi connectivity index (χ1n) is 4.13. The SMILES string of the molecule is CCC12CN(C)CCC1O2. The van der Waals surface area contributed by atoms with Gasteiger partial charge in [0.15, 0.2) is 0 Å². The summed E-state index contributed by atoms with van der Waals surface area (Å²) < 4.78 is 5.64. The second-order valence-electron chi connectivity index (χ2n) is 3.55. The van der Waals surface area contributed by atoms with Crippen molar-refractivity contribution in [3.05, 3.63) is 0 Å². The molecule has 0 aliphatic carbocycles. The number of hydrogen-bond donors (Lipinski definition) is 0. The van der Waals surface area contributed by atoms with Crippen molar-refractivity contribution in [3.8, 4) is 0 Å². The van der Waals surface area contributed by atoms with Crippen LogP contribution in [-0.2, 0) is 4.74 Å². The summed E-state index contributed by atoms with van der Waals surface area (Å²) in [5.74, 6) is 0. The minimum absolute atomic E-state index is 0.285. The number of likely N-dealkylation sites (N-methyl/N-ethyl adjacent to an activating group) is 1. The Kier molecular flexibility index (Phi) is 1.29. The molecular formula is C8H15NO. The number of likely N-dealkylation sites (tertiary alicyclic amines) is 1. The first-order chi connectivity index (χ1) is 4.77. The lowest BCUT2D eigenvalue weighted by molar-refractivity contribution is 0.215. The lowest BCUT2D eigenvalue weighted by Crippen LogP contribution is -2.38. The Morgan fingerprint density at radius 1 is 1.70 bits per heavy atom. The average molecular weight is 141 g/mol. The summed E-state index contributed by atoms with van der Waals surface area (Å²) in [5, 5.41) is 0. The third-order valence-electron chi connectivity index (χ3n) is 2.82. The molecule has 0 spiro atoms. The Hall–Kier alpha value is -0.0800. The highest BCUT2D eigenvalue weighted by molar-refractivity contribution is 5.06. The predicted molar refractivity (Wildman–Crippen MR) is 40.0 cm³/mol. The lowest BCUT2D eigenvalue weighted by Gasteiger charge is -2.24. The fourth-order valence-electron chi connectivity index (χ4n) is 2.01. The lowest BCUT2D eigenvalue weighted by atomic mass is 9.96. The Balaban J connectivity index is 2.02. The smallest absolute Gasteiger partial charge is 0.107 e. The summed E-state index contributed by atoms with van der Waals surface area (Å²) in [6, 6.07) is 0. The summed E-state index contributed by atoms with van der Waals surface area (Å²) in [5.41, 5.74) is 0.285.